The number of amides is 1. The maximum absolute atomic E-state index is 11.8. The number of aliphatic carboxylic acids is 1. The van der Waals surface area contributed by atoms with Crippen molar-refractivity contribution in [3.63, 3.8) is 0 Å². The van der Waals surface area contributed by atoms with Crippen molar-refractivity contribution in [3.8, 4) is 0 Å². The van der Waals surface area contributed by atoms with Gasteiger partial charge in [0, 0.05) is 6.42 Å². The monoisotopic (exact) mass is 379 g/mol. The topological polar surface area (TPSA) is 66.4 Å². The van der Waals surface area contributed by atoms with E-state index in [1.54, 1.807) is 0 Å². The molecule has 0 aliphatic heterocycles. The van der Waals surface area contributed by atoms with Crippen molar-refractivity contribution >= 4 is 41.4 Å². The summed E-state index contributed by atoms with van der Waals surface area (Å²) < 4.78 is 0. The molecule has 0 radical (unpaired) electrons. The van der Waals surface area contributed by atoms with Crippen LogP contribution >= 0.6 is 0 Å². The second-order valence-electron chi connectivity index (χ2n) is 7.73. The van der Waals surface area contributed by atoms with E-state index in [2.05, 4.69) is 12.2 Å². The summed E-state index contributed by atoms with van der Waals surface area (Å²) in [6.45, 7) is 6.18. The van der Waals surface area contributed by atoms with E-state index in [0.717, 1.165) is 12.8 Å². The molecule has 0 bridgehead atoms. The van der Waals surface area contributed by atoms with Gasteiger partial charge in [0.2, 0.25) is 5.91 Å². The molecule has 0 aromatic carbocycles. The number of carbonyl (C=O) groups is 2. The Bertz CT molecular complexity index is 348. The molecule has 1 atom stereocenters. The fourth-order valence-electron chi connectivity index (χ4n) is 3.09. The molecule has 0 fully saturated rings. The number of hydrogen-bond donors (Lipinski definition) is 2. The molecule has 0 spiro atoms. The Hall–Kier alpha value is -0.0600. The molecule has 0 unspecified atom stereocenters. The average molecular weight is 380 g/mol. The summed E-state index contributed by atoms with van der Waals surface area (Å²) in [4.78, 5) is 23.0. The average Bonchev–Trinajstić information content (AvgIpc) is 2.54. The molecule has 0 heterocycles. The van der Waals surface area contributed by atoms with E-state index >= 15 is 0 Å². The number of unbranched alkanes of at least 4 members (excludes halogenated alkanes) is 11. The van der Waals surface area contributed by atoms with E-state index in [9.17, 15) is 9.59 Å². The number of carboxylic acids is 1. The first-order valence-corrected chi connectivity index (χ1v) is 10.5. The van der Waals surface area contributed by atoms with Crippen LogP contribution in [0.3, 0.4) is 0 Å². The van der Waals surface area contributed by atoms with Gasteiger partial charge in [0.1, 0.15) is 6.04 Å². The zero-order valence-electron chi connectivity index (χ0n) is 16.8. The van der Waals surface area contributed by atoms with Gasteiger partial charge in [-0.1, -0.05) is 91.4 Å². The second-order valence-corrected chi connectivity index (χ2v) is 7.73. The molecular weight excluding hydrogens is 337 g/mol. The SMILES string of the molecule is CCCCCCCCCCCCCCC(=O)N[C@@H](CC(C)C)C(=O)O.[NaH]. The Morgan fingerprint density at radius 3 is 1.62 bits per heavy atom. The Balaban J connectivity index is 0. The van der Waals surface area contributed by atoms with Crippen molar-refractivity contribution in [1.82, 2.24) is 5.32 Å². The molecule has 150 valence electrons. The number of nitrogens with one attached hydrogen (secondary N) is 1. The molecule has 1 amide bonds. The van der Waals surface area contributed by atoms with Crippen molar-refractivity contribution in [3.05, 3.63) is 0 Å². The molecule has 2 N–H and O–H groups in total. The van der Waals surface area contributed by atoms with Gasteiger partial charge in [0.15, 0.2) is 0 Å². The molecule has 0 rings (SSSR count). The van der Waals surface area contributed by atoms with Crippen molar-refractivity contribution in [2.45, 2.75) is 117 Å². The van der Waals surface area contributed by atoms with E-state index in [1.807, 2.05) is 13.8 Å². The molecule has 4 nitrogen and oxygen atoms in total. The van der Waals surface area contributed by atoms with Crippen LogP contribution < -0.4 is 5.32 Å². The molecule has 0 saturated carbocycles. The minimum atomic E-state index is -0.934. The Labute approximate surface area is 183 Å². The molecule has 0 aromatic rings. The first-order chi connectivity index (χ1) is 12.0. The number of carboxylic acid groups (broad SMARTS) is 1. The van der Waals surface area contributed by atoms with Gasteiger partial charge in [-0.2, -0.15) is 0 Å². The van der Waals surface area contributed by atoms with Gasteiger partial charge in [-0.25, -0.2) is 4.79 Å². The third-order valence-electron chi connectivity index (χ3n) is 4.60. The maximum atomic E-state index is 11.8. The standard InChI is InChI=1S/C21H41NO3.Na.H/c1-4-5-6-7-8-9-10-11-12-13-14-15-16-20(23)22-19(21(24)25)17-18(2)3;;/h18-19H,4-17H2,1-3H3,(H,22,23)(H,24,25);;/t19-;;/m0../s1. The molecule has 0 saturated heterocycles. The van der Waals surface area contributed by atoms with Crippen molar-refractivity contribution in [2.75, 3.05) is 0 Å². The summed E-state index contributed by atoms with van der Waals surface area (Å²) in [7, 11) is 0. The summed E-state index contributed by atoms with van der Waals surface area (Å²) in [5.41, 5.74) is 0. The van der Waals surface area contributed by atoms with Crippen LogP contribution in [0.5, 0.6) is 0 Å². The number of hydrogen-bond acceptors (Lipinski definition) is 2. The molecule has 0 aliphatic carbocycles. The molecule has 5 heteroatoms. The summed E-state index contributed by atoms with van der Waals surface area (Å²) in [6, 6.07) is -0.746. The van der Waals surface area contributed by atoms with Gasteiger partial charge in [-0.3, -0.25) is 4.79 Å². The molecule has 0 aromatic heterocycles. The van der Waals surface area contributed by atoms with E-state index in [1.165, 1.54) is 64.2 Å². The number of rotatable bonds is 17. The van der Waals surface area contributed by atoms with Gasteiger partial charge in [-0.15, -0.1) is 0 Å². The molecule has 26 heavy (non-hydrogen) atoms. The third kappa shape index (κ3) is 18.7. The Morgan fingerprint density at radius 1 is 0.808 bits per heavy atom. The van der Waals surface area contributed by atoms with Gasteiger partial charge >= 0.3 is 35.5 Å². The van der Waals surface area contributed by atoms with Crippen LogP contribution in [0.1, 0.15) is 111 Å². The fraction of sp³-hybridized carbons (Fsp3) is 0.905. The van der Waals surface area contributed by atoms with E-state index in [-0.39, 0.29) is 41.4 Å². The van der Waals surface area contributed by atoms with Crippen LogP contribution in [0, 0.1) is 5.92 Å². The van der Waals surface area contributed by atoms with Gasteiger partial charge in [0.05, 0.1) is 0 Å². The first kappa shape index (κ1) is 28.2. The fourth-order valence-corrected chi connectivity index (χ4v) is 3.09. The molecular formula is C21H42NNaO3. The summed E-state index contributed by atoms with van der Waals surface area (Å²) in [5.74, 6) is -0.801. The Kier molecular flexibility index (Phi) is 21.3. The zero-order valence-corrected chi connectivity index (χ0v) is 16.8. The van der Waals surface area contributed by atoms with Crippen LogP contribution in [-0.2, 0) is 9.59 Å². The van der Waals surface area contributed by atoms with E-state index in [0.29, 0.717) is 12.8 Å². The number of carbonyl (C=O) groups excluding carboxylic acids is 1. The molecule has 0 aliphatic rings. The Morgan fingerprint density at radius 2 is 1.23 bits per heavy atom. The second kappa shape index (κ2) is 19.7. The quantitative estimate of drug-likeness (QED) is 0.275. The normalized spacial score (nSPS) is 11.8. The predicted molar refractivity (Wildman–Crippen MR) is 112 cm³/mol. The van der Waals surface area contributed by atoms with Crippen LogP contribution in [-0.4, -0.2) is 52.6 Å². The van der Waals surface area contributed by atoms with Crippen LogP contribution in [0.2, 0.25) is 0 Å². The summed E-state index contributed by atoms with van der Waals surface area (Å²) >= 11 is 0. The minimum absolute atomic E-state index is 0. The van der Waals surface area contributed by atoms with E-state index < -0.39 is 12.0 Å². The van der Waals surface area contributed by atoms with Gasteiger partial charge in [-0.05, 0) is 18.8 Å². The van der Waals surface area contributed by atoms with E-state index in [4.69, 9.17) is 5.11 Å². The zero-order chi connectivity index (χ0) is 18.9. The van der Waals surface area contributed by atoms with Crippen molar-refractivity contribution in [1.29, 1.82) is 0 Å². The van der Waals surface area contributed by atoms with Crippen LogP contribution in [0.15, 0.2) is 0 Å². The van der Waals surface area contributed by atoms with Gasteiger partial charge < -0.3 is 10.4 Å². The van der Waals surface area contributed by atoms with Crippen LogP contribution in [0.4, 0.5) is 0 Å². The van der Waals surface area contributed by atoms with Crippen molar-refractivity contribution < 1.29 is 14.7 Å². The summed E-state index contributed by atoms with van der Waals surface area (Å²) in [5, 5.41) is 11.8. The first-order valence-electron chi connectivity index (χ1n) is 10.5. The predicted octanol–water partition coefficient (Wildman–Crippen LogP) is 5.04. The van der Waals surface area contributed by atoms with Crippen molar-refractivity contribution in [2.24, 2.45) is 5.92 Å². The van der Waals surface area contributed by atoms with Gasteiger partial charge in [0.25, 0.3) is 0 Å². The third-order valence-corrected chi connectivity index (χ3v) is 4.60. The summed E-state index contributed by atoms with van der Waals surface area (Å²) in [6.07, 6.45) is 16.1. The van der Waals surface area contributed by atoms with Crippen LogP contribution in [0.25, 0.3) is 0 Å².